The Morgan fingerprint density at radius 3 is 2.48 bits per heavy atom. The largest absolute Gasteiger partial charge is 0.493 e. The van der Waals surface area contributed by atoms with E-state index in [4.69, 9.17) is 4.74 Å². The number of hydrogen-bond donors (Lipinski definition) is 2. The molecule has 1 aliphatic carbocycles. The van der Waals surface area contributed by atoms with Crippen molar-refractivity contribution in [2.45, 2.75) is 50.6 Å². The monoisotopic (exact) mass is 299 g/mol. The van der Waals surface area contributed by atoms with Gasteiger partial charge in [-0.3, -0.25) is 0 Å². The van der Waals surface area contributed by atoms with Crippen molar-refractivity contribution in [2.75, 3.05) is 13.2 Å². The number of unbranched alkanes of at least 4 members (excludes halogenated alkanes) is 1. The van der Waals surface area contributed by atoms with E-state index in [1.807, 2.05) is 6.92 Å². The van der Waals surface area contributed by atoms with Crippen molar-refractivity contribution in [1.29, 1.82) is 0 Å². The lowest BCUT2D eigenvalue weighted by Gasteiger charge is -2.29. The zero-order valence-electron chi connectivity index (χ0n) is 12.4. The fraction of sp³-hybridized carbons (Fsp3) is 0.625. The van der Waals surface area contributed by atoms with Crippen molar-refractivity contribution in [2.24, 2.45) is 0 Å². The molecule has 3 nitrogen and oxygen atoms in total. The summed E-state index contributed by atoms with van der Waals surface area (Å²) in [5.74, 6) is -1.05. The molecule has 0 bridgehead atoms. The second-order valence-corrected chi connectivity index (χ2v) is 6.05. The molecule has 1 atom stereocenters. The van der Waals surface area contributed by atoms with Crippen LogP contribution in [0.25, 0.3) is 0 Å². The third-order valence-corrected chi connectivity index (χ3v) is 3.71. The van der Waals surface area contributed by atoms with E-state index in [9.17, 15) is 13.9 Å². The Balaban J connectivity index is 1.66. The Morgan fingerprint density at radius 1 is 1.24 bits per heavy atom. The lowest BCUT2D eigenvalue weighted by molar-refractivity contribution is 0.158. The van der Waals surface area contributed by atoms with Crippen molar-refractivity contribution in [1.82, 2.24) is 5.32 Å². The van der Waals surface area contributed by atoms with Crippen LogP contribution in [0, 0.1) is 11.6 Å². The van der Waals surface area contributed by atoms with Crippen LogP contribution in [0.5, 0.6) is 5.75 Å². The lowest BCUT2D eigenvalue weighted by Crippen LogP contribution is -2.46. The highest BCUT2D eigenvalue weighted by atomic mass is 19.1. The van der Waals surface area contributed by atoms with E-state index in [1.54, 1.807) is 0 Å². The van der Waals surface area contributed by atoms with E-state index in [0.717, 1.165) is 25.3 Å². The number of aliphatic hydroxyl groups is 1. The van der Waals surface area contributed by atoms with Crippen molar-refractivity contribution < 1.29 is 18.6 Å². The number of benzene rings is 1. The predicted octanol–water partition coefficient (Wildman–Crippen LogP) is 3.02. The second kappa shape index (κ2) is 7.18. The number of aliphatic hydroxyl groups excluding tert-OH is 1. The molecule has 0 aromatic heterocycles. The van der Waals surface area contributed by atoms with Crippen LogP contribution in [0.3, 0.4) is 0 Å². The number of ether oxygens (including phenoxy) is 1. The first-order valence-corrected chi connectivity index (χ1v) is 7.48. The van der Waals surface area contributed by atoms with Crippen molar-refractivity contribution in [3.05, 3.63) is 29.8 Å². The van der Waals surface area contributed by atoms with Crippen LogP contribution < -0.4 is 10.1 Å². The standard InChI is InChI=1S/C16H23F2NO2/c1-16(11-20,19-14-4-5-14)6-2-3-7-21-15-9-12(17)8-13(18)10-15/h8-10,14,19-20H,2-7,11H2,1H3. The SMILES string of the molecule is CC(CO)(CCCCOc1cc(F)cc(F)c1)NC1CC1. The first-order chi connectivity index (χ1) is 10.0. The van der Waals surface area contributed by atoms with Gasteiger partial charge in [0.05, 0.1) is 13.2 Å². The van der Waals surface area contributed by atoms with Crippen LogP contribution in [0.2, 0.25) is 0 Å². The summed E-state index contributed by atoms with van der Waals surface area (Å²) in [5.41, 5.74) is -0.244. The quantitative estimate of drug-likeness (QED) is 0.689. The van der Waals surface area contributed by atoms with Gasteiger partial charge in [0.15, 0.2) is 0 Å². The zero-order valence-corrected chi connectivity index (χ0v) is 12.4. The number of nitrogens with one attached hydrogen (secondary N) is 1. The van der Waals surface area contributed by atoms with Crippen molar-refractivity contribution in [3.63, 3.8) is 0 Å². The summed E-state index contributed by atoms with van der Waals surface area (Å²) >= 11 is 0. The number of halogens is 2. The summed E-state index contributed by atoms with van der Waals surface area (Å²) < 4.78 is 31.3. The summed E-state index contributed by atoms with van der Waals surface area (Å²) in [6, 6.07) is 3.72. The minimum atomic E-state index is -0.633. The Kier molecular flexibility index (Phi) is 5.53. The van der Waals surface area contributed by atoms with Crippen molar-refractivity contribution >= 4 is 0 Å². The summed E-state index contributed by atoms with van der Waals surface area (Å²) in [5, 5.41) is 12.9. The Hall–Kier alpha value is -1.20. The highest BCUT2D eigenvalue weighted by Gasteiger charge is 2.31. The minimum Gasteiger partial charge on any atom is -0.493 e. The smallest absolute Gasteiger partial charge is 0.129 e. The fourth-order valence-electron chi connectivity index (χ4n) is 2.34. The van der Waals surface area contributed by atoms with Gasteiger partial charge in [-0.1, -0.05) is 0 Å². The molecule has 2 rings (SSSR count). The minimum absolute atomic E-state index is 0.111. The molecule has 0 amide bonds. The molecule has 2 N–H and O–H groups in total. The van der Waals surface area contributed by atoms with Crippen LogP contribution in [0.1, 0.15) is 39.0 Å². The third kappa shape index (κ3) is 5.59. The van der Waals surface area contributed by atoms with Gasteiger partial charge in [0.1, 0.15) is 17.4 Å². The molecule has 0 heterocycles. The van der Waals surface area contributed by atoms with E-state index in [0.29, 0.717) is 12.6 Å². The van der Waals surface area contributed by atoms with Gasteiger partial charge in [0, 0.05) is 29.8 Å². The van der Waals surface area contributed by atoms with Gasteiger partial charge < -0.3 is 15.2 Å². The Morgan fingerprint density at radius 2 is 1.90 bits per heavy atom. The maximum atomic E-state index is 13.0. The molecular formula is C16H23F2NO2. The number of hydrogen-bond acceptors (Lipinski definition) is 3. The average molecular weight is 299 g/mol. The van der Waals surface area contributed by atoms with E-state index >= 15 is 0 Å². The molecule has 0 radical (unpaired) electrons. The molecule has 1 aromatic carbocycles. The maximum Gasteiger partial charge on any atom is 0.129 e. The van der Waals surface area contributed by atoms with Gasteiger partial charge in [0.2, 0.25) is 0 Å². The van der Waals surface area contributed by atoms with E-state index in [2.05, 4.69) is 5.32 Å². The Bertz CT molecular complexity index is 445. The van der Waals surface area contributed by atoms with E-state index < -0.39 is 11.6 Å². The molecule has 1 unspecified atom stereocenters. The van der Waals surface area contributed by atoms with Gasteiger partial charge in [-0.15, -0.1) is 0 Å². The van der Waals surface area contributed by atoms with Crippen LogP contribution in [0.4, 0.5) is 8.78 Å². The second-order valence-electron chi connectivity index (χ2n) is 6.05. The van der Waals surface area contributed by atoms with E-state index in [-0.39, 0.29) is 17.9 Å². The summed E-state index contributed by atoms with van der Waals surface area (Å²) in [6.45, 7) is 2.54. The molecule has 0 saturated heterocycles. The van der Waals surface area contributed by atoms with Crippen LogP contribution in [-0.4, -0.2) is 29.9 Å². The molecule has 1 fully saturated rings. The van der Waals surface area contributed by atoms with Crippen LogP contribution in [-0.2, 0) is 0 Å². The lowest BCUT2D eigenvalue weighted by atomic mass is 9.95. The van der Waals surface area contributed by atoms with Gasteiger partial charge >= 0.3 is 0 Å². The average Bonchev–Trinajstić information content (AvgIpc) is 3.21. The first-order valence-electron chi connectivity index (χ1n) is 7.48. The van der Waals surface area contributed by atoms with Gasteiger partial charge in [0.25, 0.3) is 0 Å². The topological polar surface area (TPSA) is 41.5 Å². The highest BCUT2D eigenvalue weighted by molar-refractivity contribution is 5.23. The van der Waals surface area contributed by atoms with Gasteiger partial charge in [-0.25, -0.2) is 8.78 Å². The molecule has 0 spiro atoms. The molecule has 5 heteroatoms. The normalized spacial score (nSPS) is 17.5. The highest BCUT2D eigenvalue weighted by Crippen LogP contribution is 2.25. The van der Waals surface area contributed by atoms with Gasteiger partial charge in [-0.05, 0) is 39.0 Å². The maximum absolute atomic E-state index is 13.0. The summed E-state index contributed by atoms with van der Waals surface area (Å²) in [6.07, 6.45) is 4.88. The summed E-state index contributed by atoms with van der Waals surface area (Å²) in [4.78, 5) is 0. The third-order valence-electron chi connectivity index (χ3n) is 3.71. The molecule has 0 aliphatic heterocycles. The molecular weight excluding hydrogens is 276 g/mol. The fourth-order valence-corrected chi connectivity index (χ4v) is 2.34. The summed E-state index contributed by atoms with van der Waals surface area (Å²) in [7, 11) is 0. The van der Waals surface area contributed by atoms with Gasteiger partial charge in [-0.2, -0.15) is 0 Å². The number of rotatable bonds is 9. The van der Waals surface area contributed by atoms with Crippen molar-refractivity contribution in [3.8, 4) is 5.75 Å². The molecule has 1 saturated carbocycles. The van der Waals surface area contributed by atoms with E-state index in [1.165, 1.54) is 25.0 Å². The zero-order chi connectivity index (χ0) is 15.3. The Labute approximate surface area is 124 Å². The molecule has 1 aromatic rings. The first kappa shape index (κ1) is 16.2. The predicted molar refractivity (Wildman–Crippen MR) is 77.4 cm³/mol. The molecule has 21 heavy (non-hydrogen) atoms. The van der Waals surface area contributed by atoms with Crippen LogP contribution in [0.15, 0.2) is 18.2 Å². The van der Waals surface area contributed by atoms with Crippen LogP contribution >= 0.6 is 0 Å². The molecule has 118 valence electrons. The molecule has 1 aliphatic rings.